The Morgan fingerprint density at radius 3 is 2.71 bits per heavy atom. The standard InChI is InChI=1S/C15H18F2N4O3/c1-23-11-4-2-10(3-5-11)14-20-13(24-21-14)7-6-12(22)19-9-15(16,17)8-18/h2-5H,6-9,18H2,1H3,(H,19,22). The van der Waals surface area contributed by atoms with Crippen LogP contribution in [0.3, 0.4) is 0 Å². The molecule has 0 aliphatic rings. The first-order valence-electron chi connectivity index (χ1n) is 7.25. The smallest absolute Gasteiger partial charge is 0.277 e. The van der Waals surface area contributed by atoms with Crippen molar-refractivity contribution in [2.75, 3.05) is 20.2 Å². The van der Waals surface area contributed by atoms with Crippen molar-refractivity contribution in [2.45, 2.75) is 18.8 Å². The second-order valence-electron chi connectivity index (χ2n) is 5.08. The van der Waals surface area contributed by atoms with Crippen LogP contribution in [0.15, 0.2) is 28.8 Å². The Balaban J connectivity index is 1.86. The van der Waals surface area contributed by atoms with E-state index in [0.29, 0.717) is 11.6 Å². The third-order valence-corrected chi connectivity index (χ3v) is 3.23. The van der Waals surface area contributed by atoms with E-state index in [1.807, 2.05) is 0 Å². The van der Waals surface area contributed by atoms with Crippen LogP contribution in [0, 0.1) is 0 Å². The van der Waals surface area contributed by atoms with E-state index < -0.39 is 24.9 Å². The molecule has 9 heteroatoms. The highest BCUT2D eigenvalue weighted by molar-refractivity contribution is 5.76. The zero-order chi connectivity index (χ0) is 17.6. The third kappa shape index (κ3) is 4.98. The van der Waals surface area contributed by atoms with Gasteiger partial charge in [-0.15, -0.1) is 0 Å². The normalized spacial score (nSPS) is 11.3. The molecular weight excluding hydrogens is 322 g/mol. The van der Waals surface area contributed by atoms with E-state index in [1.54, 1.807) is 31.4 Å². The summed E-state index contributed by atoms with van der Waals surface area (Å²) >= 11 is 0. The van der Waals surface area contributed by atoms with Crippen molar-refractivity contribution in [3.05, 3.63) is 30.2 Å². The number of nitrogens with two attached hydrogens (primary N) is 1. The van der Waals surface area contributed by atoms with Crippen molar-refractivity contribution in [1.82, 2.24) is 15.5 Å². The van der Waals surface area contributed by atoms with E-state index in [9.17, 15) is 13.6 Å². The van der Waals surface area contributed by atoms with Crippen LogP contribution in [0.25, 0.3) is 11.4 Å². The number of halogens is 2. The molecule has 3 N–H and O–H groups in total. The van der Waals surface area contributed by atoms with E-state index in [-0.39, 0.29) is 18.7 Å². The monoisotopic (exact) mass is 340 g/mol. The minimum absolute atomic E-state index is 0.0368. The fourth-order valence-corrected chi connectivity index (χ4v) is 1.82. The predicted molar refractivity (Wildman–Crippen MR) is 81.6 cm³/mol. The molecule has 0 atom stereocenters. The average molecular weight is 340 g/mol. The van der Waals surface area contributed by atoms with Crippen molar-refractivity contribution < 1.29 is 22.8 Å². The summed E-state index contributed by atoms with van der Waals surface area (Å²) in [5.41, 5.74) is 5.63. The fraction of sp³-hybridized carbons (Fsp3) is 0.400. The number of benzene rings is 1. The Hall–Kier alpha value is -2.55. The number of alkyl halides is 2. The van der Waals surface area contributed by atoms with Crippen LogP contribution in [0.5, 0.6) is 5.75 Å². The number of rotatable bonds is 8. The van der Waals surface area contributed by atoms with Gasteiger partial charge in [0.1, 0.15) is 5.75 Å². The summed E-state index contributed by atoms with van der Waals surface area (Å²) in [7, 11) is 1.57. The van der Waals surface area contributed by atoms with Crippen LogP contribution in [0.2, 0.25) is 0 Å². The van der Waals surface area contributed by atoms with Gasteiger partial charge in [0.25, 0.3) is 5.92 Å². The summed E-state index contributed by atoms with van der Waals surface area (Å²) in [6.07, 6.45) is 0.119. The maximum Gasteiger partial charge on any atom is 0.277 e. The Morgan fingerprint density at radius 1 is 1.38 bits per heavy atom. The van der Waals surface area contributed by atoms with Gasteiger partial charge >= 0.3 is 0 Å². The SMILES string of the molecule is COc1ccc(-c2noc(CCC(=O)NCC(F)(F)CN)n2)cc1. The average Bonchev–Trinajstić information content (AvgIpc) is 3.07. The summed E-state index contributed by atoms with van der Waals surface area (Å²) in [5.74, 6) is -2.31. The number of nitrogens with one attached hydrogen (secondary N) is 1. The Labute approximate surface area is 137 Å². The molecule has 2 rings (SSSR count). The summed E-state index contributed by atoms with van der Waals surface area (Å²) < 4.78 is 36.0. The second-order valence-corrected chi connectivity index (χ2v) is 5.08. The van der Waals surface area contributed by atoms with Crippen molar-refractivity contribution >= 4 is 5.91 Å². The highest BCUT2D eigenvalue weighted by Gasteiger charge is 2.27. The highest BCUT2D eigenvalue weighted by atomic mass is 19.3. The van der Waals surface area contributed by atoms with Gasteiger partial charge in [-0.1, -0.05) is 5.16 Å². The molecule has 130 valence electrons. The van der Waals surface area contributed by atoms with Crippen LogP contribution in [-0.4, -0.2) is 42.2 Å². The molecule has 0 fully saturated rings. The van der Waals surface area contributed by atoms with Crippen LogP contribution in [0.1, 0.15) is 12.3 Å². The van der Waals surface area contributed by atoms with E-state index in [2.05, 4.69) is 15.5 Å². The van der Waals surface area contributed by atoms with Crippen LogP contribution in [-0.2, 0) is 11.2 Å². The lowest BCUT2D eigenvalue weighted by atomic mass is 10.2. The van der Waals surface area contributed by atoms with Crippen molar-refractivity contribution in [1.29, 1.82) is 0 Å². The fourth-order valence-electron chi connectivity index (χ4n) is 1.82. The molecule has 1 aromatic carbocycles. The lowest BCUT2D eigenvalue weighted by Gasteiger charge is -2.14. The first-order valence-corrected chi connectivity index (χ1v) is 7.25. The molecule has 0 aliphatic heterocycles. The summed E-state index contributed by atoms with van der Waals surface area (Å²) in [6.45, 7) is -1.61. The van der Waals surface area contributed by atoms with E-state index in [4.69, 9.17) is 15.0 Å². The Kier molecular flexibility index (Phi) is 5.80. The molecule has 0 unspecified atom stereocenters. The Morgan fingerprint density at radius 2 is 2.08 bits per heavy atom. The van der Waals surface area contributed by atoms with Gasteiger partial charge < -0.3 is 20.3 Å². The minimum Gasteiger partial charge on any atom is -0.497 e. The van der Waals surface area contributed by atoms with Crippen LogP contribution < -0.4 is 15.8 Å². The number of hydrogen-bond acceptors (Lipinski definition) is 6. The van der Waals surface area contributed by atoms with Crippen molar-refractivity contribution in [3.8, 4) is 17.1 Å². The molecule has 1 aromatic heterocycles. The minimum atomic E-state index is -3.11. The van der Waals surface area contributed by atoms with Gasteiger partial charge in [-0.3, -0.25) is 4.79 Å². The molecule has 1 amide bonds. The number of ether oxygens (including phenoxy) is 1. The molecule has 2 aromatic rings. The molecule has 0 aliphatic carbocycles. The summed E-state index contributed by atoms with van der Waals surface area (Å²) in [6, 6.07) is 7.07. The van der Waals surface area contributed by atoms with Gasteiger partial charge in [-0.25, -0.2) is 8.78 Å². The molecule has 0 radical (unpaired) electrons. The molecule has 1 heterocycles. The largest absolute Gasteiger partial charge is 0.497 e. The number of aryl methyl sites for hydroxylation is 1. The van der Waals surface area contributed by atoms with Gasteiger partial charge in [-0.05, 0) is 24.3 Å². The van der Waals surface area contributed by atoms with Gasteiger partial charge in [0.15, 0.2) is 0 Å². The molecule has 0 spiro atoms. The first-order chi connectivity index (χ1) is 11.4. The van der Waals surface area contributed by atoms with Crippen molar-refractivity contribution in [3.63, 3.8) is 0 Å². The molecular formula is C15H18F2N4O3. The number of carbonyl (C=O) groups excluding carboxylic acids is 1. The summed E-state index contributed by atoms with van der Waals surface area (Å²) in [4.78, 5) is 15.7. The van der Waals surface area contributed by atoms with Gasteiger partial charge in [-0.2, -0.15) is 4.98 Å². The molecule has 24 heavy (non-hydrogen) atoms. The number of methoxy groups -OCH3 is 1. The topological polar surface area (TPSA) is 103 Å². The quantitative estimate of drug-likeness (QED) is 0.753. The van der Waals surface area contributed by atoms with Crippen LogP contribution in [0.4, 0.5) is 8.78 Å². The van der Waals surface area contributed by atoms with E-state index in [1.165, 1.54) is 0 Å². The lowest BCUT2D eigenvalue weighted by molar-refractivity contribution is -0.122. The van der Waals surface area contributed by atoms with E-state index >= 15 is 0 Å². The first kappa shape index (κ1) is 17.8. The second kappa shape index (κ2) is 7.82. The van der Waals surface area contributed by atoms with Gasteiger partial charge in [0.2, 0.25) is 17.6 Å². The summed E-state index contributed by atoms with van der Waals surface area (Å²) in [5, 5.41) is 5.95. The molecule has 7 nitrogen and oxygen atoms in total. The van der Waals surface area contributed by atoms with Gasteiger partial charge in [0.05, 0.1) is 20.2 Å². The highest BCUT2D eigenvalue weighted by Crippen LogP contribution is 2.20. The van der Waals surface area contributed by atoms with Gasteiger partial charge in [0, 0.05) is 18.4 Å². The molecule has 0 bridgehead atoms. The number of nitrogens with zero attached hydrogens (tertiary/aromatic N) is 2. The third-order valence-electron chi connectivity index (χ3n) is 3.23. The number of aromatic nitrogens is 2. The predicted octanol–water partition coefficient (Wildman–Crippen LogP) is 1.39. The molecule has 0 saturated heterocycles. The Bertz CT molecular complexity index is 674. The number of carbonyl (C=O) groups is 1. The van der Waals surface area contributed by atoms with Crippen molar-refractivity contribution in [2.24, 2.45) is 5.73 Å². The molecule has 0 saturated carbocycles. The van der Waals surface area contributed by atoms with Crippen LogP contribution >= 0.6 is 0 Å². The number of hydrogen-bond donors (Lipinski definition) is 2. The zero-order valence-electron chi connectivity index (χ0n) is 13.1. The maximum atomic E-state index is 12.9. The lowest BCUT2D eigenvalue weighted by Crippen LogP contribution is -2.41. The zero-order valence-corrected chi connectivity index (χ0v) is 13.1. The maximum absolute atomic E-state index is 12.9. The number of amides is 1. The van der Waals surface area contributed by atoms with E-state index in [0.717, 1.165) is 5.56 Å².